The second-order valence-corrected chi connectivity index (χ2v) is 5.00. The number of ether oxygens (including phenoxy) is 2. The predicted molar refractivity (Wildman–Crippen MR) is 67.7 cm³/mol. The van der Waals surface area contributed by atoms with Crippen molar-refractivity contribution in [1.82, 2.24) is 0 Å². The Morgan fingerprint density at radius 1 is 1.33 bits per heavy atom. The first-order chi connectivity index (χ1) is 8.75. The standard InChI is InChI=1S/C15H18O3/c1-17-13-10-15(16,11-6-3-2-4-7-11)12-8-5-9-18-14(12)13/h2-4,6-7,12,16H,5,8-10H2,1H3/t12-,15-/m1/s1. The van der Waals surface area contributed by atoms with Crippen molar-refractivity contribution in [3.05, 3.63) is 47.4 Å². The Morgan fingerprint density at radius 2 is 2.11 bits per heavy atom. The van der Waals surface area contributed by atoms with Crippen molar-refractivity contribution < 1.29 is 14.6 Å². The van der Waals surface area contributed by atoms with Gasteiger partial charge in [-0.15, -0.1) is 0 Å². The zero-order valence-corrected chi connectivity index (χ0v) is 10.6. The second-order valence-electron chi connectivity index (χ2n) is 5.00. The summed E-state index contributed by atoms with van der Waals surface area (Å²) in [6.45, 7) is 0.726. The largest absolute Gasteiger partial charge is 0.497 e. The smallest absolute Gasteiger partial charge is 0.140 e. The Bertz CT molecular complexity index is 466. The molecular formula is C15H18O3. The summed E-state index contributed by atoms with van der Waals surface area (Å²) in [4.78, 5) is 0. The van der Waals surface area contributed by atoms with Crippen LogP contribution in [0.15, 0.2) is 41.9 Å². The van der Waals surface area contributed by atoms with Crippen LogP contribution in [0.1, 0.15) is 24.8 Å². The molecular weight excluding hydrogens is 228 g/mol. The van der Waals surface area contributed by atoms with Crippen molar-refractivity contribution in [3.8, 4) is 0 Å². The van der Waals surface area contributed by atoms with Crippen LogP contribution in [-0.2, 0) is 15.1 Å². The van der Waals surface area contributed by atoms with Crippen LogP contribution in [-0.4, -0.2) is 18.8 Å². The van der Waals surface area contributed by atoms with E-state index in [4.69, 9.17) is 9.47 Å². The molecule has 0 aromatic heterocycles. The fourth-order valence-corrected chi connectivity index (χ4v) is 3.09. The van der Waals surface area contributed by atoms with Crippen LogP contribution >= 0.6 is 0 Å². The Balaban J connectivity index is 2.00. The molecule has 1 aromatic carbocycles. The topological polar surface area (TPSA) is 38.7 Å². The van der Waals surface area contributed by atoms with Gasteiger partial charge in [-0.05, 0) is 18.4 Å². The lowest BCUT2D eigenvalue weighted by Gasteiger charge is -2.34. The van der Waals surface area contributed by atoms with Gasteiger partial charge in [0.2, 0.25) is 0 Å². The van der Waals surface area contributed by atoms with E-state index in [0.717, 1.165) is 36.5 Å². The molecule has 3 rings (SSSR count). The van der Waals surface area contributed by atoms with E-state index in [-0.39, 0.29) is 5.92 Å². The molecule has 2 aliphatic rings. The van der Waals surface area contributed by atoms with Crippen molar-refractivity contribution in [3.63, 3.8) is 0 Å². The number of hydrogen-bond donors (Lipinski definition) is 1. The first kappa shape index (κ1) is 11.6. The SMILES string of the molecule is COC1=C2OCCC[C@H]2[C@](O)(c2ccccc2)C1. The van der Waals surface area contributed by atoms with E-state index in [9.17, 15) is 5.11 Å². The molecule has 18 heavy (non-hydrogen) atoms. The molecule has 0 saturated carbocycles. The van der Waals surface area contributed by atoms with Crippen LogP contribution in [0.4, 0.5) is 0 Å². The summed E-state index contributed by atoms with van der Waals surface area (Å²) in [7, 11) is 1.65. The van der Waals surface area contributed by atoms with Gasteiger partial charge in [-0.25, -0.2) is 0 Å². The third-order valence-electron chi connectivity index (χ3n) is 4.01. The van der Waals surface area contributed by atoms with E-state index in [0.29, 0.717) is 6.42 Å². The number of fused-ring (bicyclic) bond motifs is 1. The fourth-order valence-electron chi connectivity index (χ4n) is 3.09. The third-order valence-corrected chi connectivity index (χ3v) is 4.01. The Hall–Kier alpha value is -1.48. The van der Waals surface area contributed by atoms with Crippen LogP contribution < -0.4 is 0 Å². The quantitative estimate of drug-likeness (QED) is 0.871. The molecule has 1 saturated heterocycles. The minimum Gasteiger partial charge on any atom is -0.497 e. The summed E-state index contributed by atoms with van der Waals surface area (Å²) in [5.41, 5.74) is 0.0765. The highest BCUT2D eigenvalue weighted by atomic mass is 16.5. The zero-order chi connectivity index (χ0) is 12.6. The van der Waals surface area contributed by atoms with E-state index in [1.165, 1.54) is 0 Å². The van der Waals surface area contributed by atoms with Gasteiger partial charge in [0.15, 0.2) is 0 Å². The van der Waals surface area contributed by atoms with Crippen molar-refractivity contribution in [2.75, 3.05) is 13.7 Å². The lowest BCUT2D eigenvalue weighted by atomic mass is 9.79. The average Bonchev–Trinajstić information content (AvgIpc) is 2.75. The monoisotopic (exact) mass is 246 g/mol. The van der Waals surface area contributed by atoms with Gasteiger partial charge in [-0.3, -0.25) is 0 Å². The average molecular weight is 246 g/mol. The number of aliphatic hydroxyl groups is 1. The maximum absolute atomic E-state index is 11.1. The second kappa shape index (κ2) is 4.32. The van der Waals surface area contributed by atoms with E-state index in [1.54, 1.807) is 7.11 Å². The number of rotatable bonds is 2. The number of benzene rings is 1. The molecule has 0 amide bonds. The summed E-state index contributed by atoms with van der Waals surface area (Å²) in [5.74, 6) is 1.68. The fraction of sp³-hybridized carbons (Fsp3) is 0.467. The highest BCUT2D eigenvalue weighted by Gasteiger charge is 2.50. The maximum Gasteiger partial charge on any atom is 0.140 e. The molecule has 1 heterocycles. The summed E-state index contributed by atoms with van der Waals surface area (Å²) in [6, 6.07) is 9.84. The van der Waals surface area contributed by atoms with E-state index in [2.05, 4.69) is 0 Å². The minimum atomic E-state index is -0.873. The molecule has 1 fully saturated rings. The van der Waals surface area contributed by atoms with Gasteiger partial charge in [0.1, 0.15) is 17.1 Å². The van der Waals surface area contributed by atoms with E-state index in [1.807, 2.05) is 30.3 Å². The van der Waals surface area contributed by atoms with Crippen LogP contribution in [0.25, 0.3) is 0 Å². The van der Waals surface area contributed by atoms with Gasteiger partial charge in [0, 0.05) is 6.42 Å². The van der Waals surface area contributed by atoms with E-state index < -0.39 is 5.60 Å². The van der Waals surface area contributed by atoms with Gasteiger partial charge in [-0.1, -0.05) is 30.3 Å². The van der Waals surface area contributed by atoms with Gasteiger partial charge < -0.3 is 14.6 Å². The first-order valence-electron chi connectivity index (χ1n) is 6.43. The third kappa shape index (κ3) is 1.62. The van der Waals surface area contributed by atoms with Gasteiger partial charge in [0.05, 0.1) is 19.6 Å². The molecule has 1 aliphatic heterocycles. The Kier molecular flexibility index (Phi) is 2.78. The molecule has 0 bridgehead atoms. The Morgan fingerprint density at radius 3 is 2.83 bits per heavy atom. The summed E-state index contributed by atoms with van der Waals surface area (Å²) >= 11 is 0. The molecule has 1 aromatic rings. The van der Waals surface area contributed by atoms with Crippen LogP contribution in [0.5, 0.6) is 0 Å². The summed E-state index contributed by atoms with van der Waals surface area (Å²) < 4.78 is 11.1. The van der Waals surface area contributed by atoms with Crippen molar-refractivity contribution in [1.29, 1.82) is 0 Å². The molecule has 1 N–H and O–H groups in total. The molecule has 0 spiro atoms. The normalized spacial score (nSPS) is 30.9. The van der Waals surface area contributed by atoms with Gasteiger partial charge in [0.25, 0.3) is 0 Å². The maximum atomic E-state index is 11.1. The molecule has 3 nitrogen and oxygen atoms in total. The van der Waals surface area contributed by atoms with Crippen molar-refractivity contribution in [2.45, 2.75) is 24.9 Å². The molecule has 0 radical (unpaired) electrons. The van der Waals surface area contributed by atoms with Gasteiger partial charge in [-0.2, -0.15) is 0 Å². The van der Waals surface area contributed by atoms with Crippen LogP contribution in [0.3, 0.4) is 0 Å². The van der Waals surface area contributed by atoms with Gasteiger partial charge >= 0.3 is 0 Å². The molecule has 3 heteroatoms. The summed E-state index contributed by atoms with van der Waals surface area (Å²) in [6.07, 6.45) is 2.45. The Labute approximate surface area is 107 Å². The summed E-state index contributed by atoms with van der Waals surface area (Å²) in [5, 5.41) is 11.1. The minimum absolute atomic E-state index is 0.0311. The molecule has 1 aliphatic carbocycles. The molecule has 0 unspecified atom stereocenters. The zero-order valence-electron chi connectivity index (χ0n) is 10.6. The van der Waals surface area contributed by atoms with E-state index >= 15 is 0 Å². The van der Waals surface area contributed by atoms with Crippen molar-refractivity contribution in [2.24, 2.45) is 5.92 Å². The molecule has 2 atom stereocenters. The van der Waals surface area contributed by atoms with Crippen molar-refractivity contribution >= 4 is 0 Å². The van der Waals surface area contributed by atoms with Crippen LogP contribution in [0.2, 0.25) is 0 Å². The first-order valence-corrected chi connectivity index (χ1v) is 6.43. The number of hydrogen-bond acceptors (Lipinski definition) is 3. The predicted octanol–water partition coefficient (Wildman–Crippen LogP) is 2.56. The molecule has 96 valence electrons. The highest BCUT2D eigenvalue weighted by molar-refractivity contribution is 5.33. The lowest BCUT2D eigenvalue weighted by molar-refractivity contribution is -0.0336. The lowest BCUT2D eigenvalue weighted by Crippen LogP contribution is -2.34. The van der Waals surface area contributed by atoms with Crippen LogP contribution in [0, 0.1) is 5.92 Å². The highest BCUT2D eigenvalue weighted by Crippen LogP contribution is 2.51. The number of methoxy groups -OCH3 is 1.